The van der Waals surface area contributed by atoms with E-state index in [9.17, 15) is 4.79 Å². The molecule has 0 heterocycles. The highest BCUT2D eigenvalue weighted by molar-refractivity contribution is 7.99. The normalized spacial score (nSPS) is 9.92. The lowest BCUT2D eigenvalue weighted by Gasteiger charge is -2.14. The van der Waals surface area contributed by atoms with Crippen LogP contribution in [0.2, 0.25) is 0 Å². The molecule has 0 aromatic rings. The van der Waals surface area contributed by atoms with Gasteiger partial charge in [0.25, 0.3) is 0 Å². The van der Waals surface area contributed by atoms with Gasteiger partial charge in [0.15, 0.2) is 0 Å². The van der Waals surface area contributed by atoms with Crippen LogP contribution in [-0.4, -0.2) is 47.6 Å². The van der Waals surface area contributed by atoms with E-state index in [0.29, 0.717) is 12.3 Å². The van der Waals surface area contributed by atoms with Crippen molar-refractivity contribution in [3.05, 3.63) is 0 Å². The minimum atomic E-state index is 0.0423. The van der Waals surface area contributed by atoms with Gasteiger partial charge in [-0.15, -0.1) is 0 Å². The van der Waals surface area contributed by atoms with Gasteiger partial charge in [0.05, 0.1) is 12.4 Å². The Labute approximate surface area is 78.1 Å². The van der Waals surface area contributed by atoms with E-state index in [0.717, 1.165) is 12.2 Å². The van der Waals surface area contributed by atoms with Crippen LogP contribution in [0.3, 0.4) is 0 Å². The first kappa shape index (κ1) is 11.8. The number of hydrogen-bond acceptors (Lipinski definition) is 3. The second-order valence-corrected chi connectivity index (χ2v) is 3.70. The Morgan fingerprint density at radius 2 is 2.25 bits per heavy atom. The van der Waals surface area contributed by atoms with Gasteiger partial charge in [0, 0.05) is 13.6 Å². The van der Waals surface area contributed by atoms with E-state index in [2.05, 4.69) is 6.92 Å². The summed E-state index contributed by atoms with van der Waals surface area (Å²) in [6.45, 7) is 2.57. The molecule has 0 aliphatic rings. The van der Waals surface area contributed by atoms with Gasteiger partial charge in [-0.05, 0) is 12.2 Å². The zero-order valence-corrected chi connectivity index (χ0v) is 8.56. The molecule has 1 N–H and O–H groups in total. The molecule has 0 unspecified atom stereocenters. The van der Waals surface area contributed by atoms with E-state index in [1.165, 1.54) is 0 Å². The lowest BCUT2D eigenvalue weighted by molar-refractivity contribution is -0.127. The molecule has 0 radical (unpaired) electrons. The quantitative estimate of drug-likeness (QED) is 0.624. The molecular weight excluding hydrogens is 174 g/mol. The topological polar surface area (TPSA) is 40.5 Å². The molecule has 0 saturated heterocycles. The summed E-state index contributed by atoms with van der Waals surface area (Å²) in [5.74, 6) is 1.66. The molecule has 0 rings (SSSR count). The number of nitrogens with zero attached hydrogens (tertiary/aromatic N) is 1. The van der Waals surface area contributed by atoms with Crippen LogP contribution in [0.25, 0.3) is 0 Å². The molecule has 1 amide bonds. The van der Waals surface area contributed by atoms with Crippen molar-refractivity contribution in [3.63, 3.8) is 0 Å². The van der Waals surface area contributed by atoms with Gasteiger partial charge in [0.2, 0.25) is 5.91 Å². The van der Waals surface area contributed by atoms with E-state index in [1.54, 1.807) is 23.7 Å². The van der Waals surface area contributed by atoms with Crippen molar-refractivity contribution in [1.29, 1.82) is 0 Å². The number of aliphatic hydroxyl groups is 1. The Balaban J connectivity index is 3.43. The molecule has 0 atom stereocenters. The average molecular weight is 191 g/mol. The number of aliphatic hydroxyl groups excluding tert-OH is 1. The Bertz CT molecular complexity index is 130. The van der Waals surface area contributed by atoms with Crippen molar-refractivity contribution in [1.82, 2.24) is 4.90 Å². The maximum absolute atomic E-state index is 11.2. The molecule has 0 bridgehead atoms. The summed E-state index contributed by atoms with van der Waals surface area (Å²) in [6.07, 6.45) is 1.10. The van der Waals surface area contributed by atoms with Crippen molar-refractivity contribution in [2.24, 2.45) is 0 Å². The summed E-state index contributed by atoms with van der Waals surface area (Å²) < 4.78 is 0. The van der Waals surface area contributed by atoms with Crippen molar-refractivity contribution >= 4 is 17.7 Å². The minimum Gasteiger partial charge on any atom is -0.395 e. The summed E-state index contributed by atoms with van der Waals surface area (Å²) in [5, 5.41) is 8.56. The molecule has 4 heteroatoms. The standard InChI is InChI=1S/C8H17NO2S/c1-3-6-12-7-8(11)9(2)4-5-10/h10H,3-7H2,1-2H3. The maximum Gasteiger partial charge on any atom is 0.232 e. The van der Waals surface area contributed by atoms with Crippen LogP contribution in [-0.2, 0) is 4.79 Å². The largest absolute Gasteiger partial charge is 0.395 e. The second kappa shape index (κ2) is 7.43. The van der Waals surface area contributed by atoms with Gasteiger partial charge in [-0.25, -0.2) is 0 Å². The Morgan fingerprint density at radius 1 is 1.58 bits per heavy atom. The van der Waals surface area contributed by atoms with Crippen LogP contribution >= 0.6 is 11.8 Å². The van der Waals surface area contributed by atoms with E-state index < -0.39 is 0 Å². The van der Waals surface area contributed by atoms with Gasteiger partial charge in [-0.1, -0.05) is 6.92 Å². The van der Waals surface area contributed by atoms with Gasteiger partial charge in [-0.2, -0.15) is 11.8 Å². The first-order valence-corrected chi connectivity index (χ1v) is 5.30. The van der Waals surface area contributed by atoms with Crippen LogP contribution in [0.4, 0.5) is 0 Å². The monoisotopic (exact) mass is 191 g/mol. The summed E-state index contributed by atoms with van der Waals surface area (Å²) in [4.78, 5) is 12.8. The van der Waals surface area contributed by atoms with Gasteiger partial charge >= 0.3 is 0 Å². The van der Waals surface area contributed by atoms with Crippen LogP contribution in [0, 0.1) is 0 Å². The lowest BCUT2D eigenvalue weighted by Crippen LogP contribution is -2.30. The van der Waals surface area contributed by atoms with Crippen molar-refractivity contribution in [3.8, 4) is 0 Å². The number of likely N-dealkylation sites (N-methyl/N-ethyl adjacent to an activating group) is 1. The predicted molar refractivity (Wildman–Crippen MR) is 52.3 cm³/mol. The van der Waals surface area contributed by atoms with Gasteiger partial charge in [-0.3, -0.25) is 4.79 Å². The fraction of sp³-hybridized carbons (Fsp3) is 0.875. The zero-order chi connectivity index (χ0) is 9.40. The van der Waals surface area contributed by atoms with E-state index >= 15 is 0 Å². The van der Waals surface area contributed by atoms with Crippen LogP contribution in [0.1, 0.15) is 13.3 Å². The van der Waals surface area contributed by atoms with Crippen molar-refractivity contribution in [2.45, 2.75) is 13.3 Å². The fourth-order valence-electron chi connectivity index (χ4n) is 0.689. The van der Waals surface area contributed by atoms with Crippen LogP contribution in [0.15, 0.2) is 0 Å². The molecule has 0 spiro atoms. The number of amides is 1. The van der Waals surface area contributed by atoms with Crippen LogP contribution < -0.4 is 0 Å². The molecule has 3 nitrogen and oxygen atoms in total. The molecular formula is C8H17NO2S. The minimum absolute atomic E-state index is 0.0423. The molecule has 0 aromatic heterocycles. The highest BCUT2D eigenvalue weighted by atomic mass is 32.2. The van der Waals surface area contributed by atoms with Crippen LogP contribution in [0.5, 0.6) is 0 Å². The van der Waals surface area contributed by atoms with Crippen molar-refractivity contribution < 1.29 is 9.90 Å². The smallest absolute Gasteiger partial charge is 0.232 e. The molecule has 0 fully saturated rings. The third-order valence-electron chi connectivity index (χ3n) is 1.44. The molecule has 12 heavy (non-hydrogen) atoms. The molecule has 0 aromatic carbocycles. The van der Waals surface area contributed by atoms with E-state index in [-0.39, 0.29) is 12.5 Å². The maximum atomic E-state index is 11.2. The van der Waals surface area contributed by atoms with E-state index in [4.69, 9.17) is 5.11 Å². The predicted octanol–water partition coefficient (Wildman–Crippen LogP) is 0.580. The number of rotatable bonds is 6. The number of thioether (sulfide) groups is 1. The van der Waals surface area contributed by atoms with Gasteiger partial charge in [0.1, 0.15) is 0 Å². The molecule has 72 valence electrons. The SMILES string of the molecule is CCCSCC(=O)N(C)CCO. The number of carbonyl (C=O) groups excluding carboxylic acids is 1. The highest BCUT2D eigenvalue weighted by Crippen LogP contribution is 2.02. The Hall–Kier alpha value is -0.220. The zero-order valence-electron chi connectivity index (χ0n) is 7.75. The summed E-state index contributed by atoms with van der Waals surface area (Å²) in [7, 11) is 1.71. The number of hydrogen-bond donors (Lipinski definition) is 1. The Kier molecular flexibility index (Phi) is 7.29. The summed E-state index contributed by atoms with van der Waals surface area (Å²) >= 11 is 1.64. The fourth-order valence-corrected chi connectivity index (χ4v) is 1.52. The second-order valence-electron chi connectivity index (χ2n) is 2.59. The average Bonchev–Trinajstić information content (AvgIpc) is 2.05. The first-order valence-electron chi connectivity index (χ1n) is 4.15. The Morgan fingerprint density at radius 3 is 2.75 bits per heavy atom. The molecule has 0 aliphatic carbocycles. The summed E-state index contributed by atoms with van der Waals surface area (Å²) in [5.41, 5.74) is 0. The third-order valence-corrected chi connectivity index (χ3v) is 2.58. The third kappa shape index (κ3) is 5.43. The van der Waals surface area contributed by atoms with E-state index in [1.807, 2.05) is 0 Å². The lowest BCUT2D eigenvalue weighted by atomic mass is 10.5. The summed E-state index contributed by atoms with van der Waals surface area (Å²) in [6, 6.07) is 0. The molecule has 0 aliphatic heterocycles. The highest BCUT2D eigenvalue weighted by Gasteiger charge is 2.06. The van der Waals surface area contributed by atoms with Gasteiger partial charge < -0.3 is 10.0 Å². The first-order chi connectivity index (χ1) is 5.72. The number of carbonyl (C=O) groups is 1. The van der Waals surface area contributed by atoms with Crippen molar-refractivity contribution in [2.75, 3.05) is 31.7 Å². The molecule has 0 saturated carbocycles.